The first-order valence-corrected chi connectivity index (χ1v) is 6.46. The molecule has 0 aromatic heterocycles. The van der Waals surface area contributed by atoms with Gasteiger partial charge in [-0.3, -0.25) is 0 Å². The smallest absolute Gasteiger partial charge is 0.125 e. The number of benzene rings is 2. The Balaban J connectivity index is 2.06. The highest BCUT2D eigenvalue weighted by atomic mass is 35.5. The summed E-state index contributed by atoms with van der Waals surface area (Å²) in [6.07, 6.45) is 0. The molecule has 0 aliphatic carbocycles. The Kier molecular flexibility index (Phi) is 4.53. The van der Waals surface area contributed by atoms with Crippen LogP contribution in [0.4, 0.5) is 5.69 Å². The van der Waals surface area contributed by atoms with E-state index >= 15 is 0 Å². The van der Waals surface area contributed by atoms with Gasteiger partial charge < -0.3 is 15.2 Å². The van der Waals surface area contributed by atoms with E-state index in [0.717, 1.165) is 5.56 Å². The summed E-state index contributed by atoms with van der Waals surface area (Å²) >= 11 is 5.92. The molecule has 0 heterocycles. The van der Waals surface area contributed by atoms with Gasteiger partial charge in [-0.2, -0.15) is 0 Å². The largest absolute Gasteiger partial charge is 0.494 e. The Hall–Kier alpha value is -1.87. The minimum absolute atomic E-state index is 0.440. The summed E-state index contributed by atoms with van der Waals surface area (Å²) in [5.74, 6) is 1.40. The third-order valence-electron chi connectivity index (χ3n) is 2.51. The van der Waals surface area contributed by atoms with E-state index in [4.69, 9.17) is 26.8 Å². The Morgan fingerprint density at radius 3 is 2.47 bits per heavy atom. The van der Waals surface area contributed by atoms with E-state index in [-0.39, 0.29) is 0 Å². The van der Waals surface area contributed by atoms with Gasteiger partial charge in [0.15, 0.2) is 0 Å². The van der Waals surface area contributed by atoms with Crippen LogP contribution in [-0.4, -0.2) is 6.61 Å². The molecule has 0 bridgehead atoms. The summed E-state index contributed by atoms with van der Waals surface area (Å²) < 4.78 is 11.1. The van der Waals surface area contributed by atoms with Gasteiger partial charge in [-0.05, 0) is 24.6 Å². The van der Waals surface area contributed by atoms with Crippen molar-refractivity contribution < 1.29 is 9.47 Å². The summed E-state index contributed by atoms with van der Waals surface area (Å²) in [4.78, 5) is 0. The van der Waals surface area contributed by atoms with E-state index < -0.39 is 0 Å². The molecule has 0 aliphatic rings. The summed E-state index contributed by atoms with van der Waals surface area (Å²) in [7, 11) is 0. The van der Waals surface area contributed by atoms with Crippen LogP contribution < -0.4 is 15.2 Å². The van der Waals surface area contributed by atoms with Crippen LogP contribution in [-0.2, 0) is 6.61 Å². The van der Waals surface area contributed by atoms with Gasteiger partial charge in [-0.1, -0.05) is 23.7 Å². The Labute approximate surface area is 117 Å². The normalized spacial score (nSPS) is 10.2. The highest BCUT2D eigenvalue weighted by Crippen LogP contribution is 2.25. The zero-order chi connectivity index (χ0) is 13.7. The molecule has 0 radical (unpaired) electrons. The first-order chi connectivity index (χ1) is 9.17. The molecule has 0 spiro atoms. The Morgan fingerprint density at radius 2 is 1.79 bits per heavy atom. The third-order valence-corrected chi connectivity index (χ3v) is 2.74. The van der Waals surface area contributed by atoms with E-state index in [9.17, 15) is 0 Å². The lowest BCUT2D eigenvalue weighted by atomic mass is 10.2. The number of rotatable bonds is 5. The molecule has 0 unspecified atom stereocenters. The molecule has 2 aromatic carbocycles. The van der Waals surface area contributed by atoms with Gasteiger partial charge in [0.05, 0.1) is 6.61 Å². The number of ether oxygens (including phenoxy) is 2. The van der Waals surface area contributed by atoms with Crippen LogP contribution in [0.5, 0.6) is 11.5 Å². The topological polar surface area (TPSA) is 44.5 Å². The predicted octanol–water partition coefficient (Wildman–Crippen LogP) is 3.90. The lowest BCUT2D eigenvalue weighted by molar-refractivity contribution is 0.300. The van der Waals surface area contributed by atoms with E-state index in [0.29, 0.717) is 35.4 Å². The number of anilines is 1. The SMILES string of the molecule is CCOc1cc(N)cc(OCc2cccc(Cl)c2)c1. The van der Waals surface area contributed by atoms with Gasteiger partial charge in [0.25, 0.3) is 0 Å². The zero-order valence-electron chi connectivity index (χ0n) is 10.7. The lowest BCUT2D eigenvalue weighted by Gasteiger charge is -2.10. The van der Waals surface area contributed by atoms with Crippen molar-refractivity contribution in [1.29, 1.82) is 0 Å². The van der Waals surface area contributed by atoms with Crippen molar-refractivity contribution >= 4 is 17.3 Å². The van der Waals surface area contributed by atoms with Crippen LogP contribution in [0, 0.1) is 0 Å². The fourth-order valence-electron chi connectivity index (χ4n) is 1.72. The maximum Gasteiger partial charge on any atom is 0.125 e. The molecule has 4 heteroatoms. The first-order valence-electron chi connectivity index (χ1n) is 6.08. The zero-order valence-corrected chi connectivity index (χ0v) is 11.5. The van der Waals surface area contributed by atoms with Gasteiger partial charge in [0.1, 0.15) is 18.1 Å². The minimum Gasteiger partial charge on any atom is -0.494 e. The van der Waals surface area contributed by atoms with Crippen LogP contribution in [0.25, 0.3) is 0 Å². The molecule has 2 aromatic rings. The van der Waals surface area contributed by atoms with Crippen molar-refractivity contribution in [3.8, 4) is 11.5 Å². The Bertz CT molecular complexity index is 558. The predicted molar refractivity (Wildman–Crippen MR) is 77.8 cm³/mol. The molecule has 0 atom stereocenters. The Morgan fingerprint density at radius 1 is 1.05 bits per heavy atom. The van der Waals surface area contributed by atoms with E-state index in [1.807, 2.05) is 37.3 Å². The number of hydrogen-bond donors (Lipinski definition) is 1. The van der Waals surface area contributed by atoms with Gasteiger partial charge in [-0.15, -0.1) is 0 Å². The van der Waals surface area contributed by atoms with Crippen LogP contribution in [0.2, 0.25) is 5.02 Å². The molecular weight excluding hydrogens is 262 g/mol. The molecule has 0 saturated carbocycles. The highest BCUT2D eigenvalue weighted by molar-refractivity contribution is 6.30. The van der Waals surface area contributed by atoms with Crippen LogP contribution >= 0.6 is 11.6 Å². The number of nitrogens with two attached hydrogens (primary N) is 1. The quantitative estimate of drug-likeness (QED) is 0.843. The van der Waals surface area contributed by atoms with Crippen LogP contribution in [0.15, 0.2) is 42.5 Å². The average Bonchev–Trinajstić information content (AvgIpc) is 2.36. The second kappa shape index (κ2) is 6.34. The monoisotopic (exact) mass is 277 g/mol. The molecule has 100 valence electrons. The summed E-state index contributed by atoms with van der Waals surface area (Å²) in [6, 6.07) is 12.9. The van der Waals surface area contributed by atoms with E-state index in [1.165, 1.54) is 0 Å². The second-order valence-electron chi connectivity index (χ2n) is 4.09. The van der Waals surface area contributed by atoms with Crippen molar-refractivity contribution in [3.63, 3.8) is 0 Å². The fourth-order valence-corrected chi connectivity index (χ4v) is 1.93. The molecule has 19 heavy (non-hydrogen) atoms. The van der Waals surface area contributed by atoms with Gasteiger partial charge >= 0.3 is 0 Å². The molecule has 0 aliphatic heterocycles. The molecule has 0 saturated heterocycles. The fraction of sp³-hybridized carbons (Fsp3) is 0.200. The average molecular weight is 278 g/mol. The maximum absolute atomic E-state index is 5.92. The molecule has 2 rings (SSSR count). The lowest BCUT2D eigenvalue weighted by Crippen LogP contribution is -1.98. The third kappa shape index (κ3) is 4.07. The summed E-state index contributed by atoms with van der Waals surface area (Å²) in [5.41, 5.74) is 7.43. The molecule has 2 N–H and O–H groups in total. The van der Waals surface area contributed by atoms with Crippen molar-refractivity contribution in [2.45, 2.75) is 13.5 Å². The molecule has 0 amide bonds. The summed E-state index contributed by atoms with van der Waals surface area (Å²) in [5, 5.41) is 0.698. The van der Waals surface area contributed by atoms with Gasteiger partial charge in [0.2, 0.25) is 0 Å². The molecule has 3 nitrogen and oxygen atoms in total. The van der Waals surface area contributed by atoms with E-state index in [2.05, 4.69) is 0 Å². The van der Waals surface area contributed by atoms with Crippen LogP contribution in [0.1, 0.15) is 12.5 Å². The second-order valence-corrected chi connectivity index (χ2v) is 4.53. The van der Waals surface area contributed by atoms with Crippen molar-refractivity contribution in [2.75, 3.05) is 12.3 Å². The first kappa shape index (κ1) is 13.6. The summed E-state index contributed by atoms with van der Waals surface area (Å²) in [6.45, 7) is 2.96. The number of hydrogen-bond acceptors (Lipinski definition) is 3. The molecular formula is C15H16ClNO2. The molecule has 0 fully saturated rings. The van der Waals surface area contributed by atoms with Gasteiger partial charge in [-0.25, -0.2) is 0 Å². The van der Waals surface area contributed by atoms with Crippen molar-refractivity contribution in [1.82, 2.24) is 0 Å². The van der Waals surface area contributed by atoms with Gasteiger partial charge in [0, 0.05) is 28.9 Å². The standard InChI is InChI=1S/C15H16ClNO2/c1-2-18-14-7-13(17)8-15(9-14)19-10-11-4-3-5-12(16)6-11/h3-9H,2,10,17H2,1H3. The van der Waals surface area contributed by atoms with Crippen LogP contribution in [0.3, 0.4) is 0 Å². The maximum atomic E-state index is 5.92. The minimum atomic E-state index is 0.440. The number of halogens is 1. The number of nitrogen functional groups attached to an aromatic ring is 1. The van der Waals surface area contributed by atoms with Crippen molar-refractivity contribution in [2.24, 2.45) is 0 Å². The van der Waals surface area contributed by atoms with Crippen molar-refractivity contribution in [3.05, 3.63) is 53.1 Å². The highest BCUT2D eigenvalue weighted by Gasteiger charge is 2.02. The van der Waals surface area contributed by atoms with E-state index in [1.54, 1.807) is 12.1 Å².